The van der Waals surface area contributed by atoms with Crippen molar-refractivity contribution >= 4 is 31.8 Å². The molecule has 0 saturated heterocycles. The third-order valence-corrected chi connectivity index (χ3v) is 14.4. The second-order valence-electron chi connectivity index (χ2n) is 12.0. The van der Waals surface area contributed by atoms with Gasteiger partial charge < -0.3 is 0 Å². The number of benzene rings is 1. The average Bonchev–Trinajstić information content (AvgIpc) is 2.78. The van der Waals surface area contributed by atoms with Crippen molar-refractivity contribution in [2.75, 3.05) is 5.75 Å². The average molecular weight is 655 g/mol. The lowest BCUT2D eigenvalue weighted by Crippen LogP contribution is -2.64. The number of halogens is 10. The van der Waals surface area contributed by atoms with E-state index in [0.717, 1.165) is 6.08 Å². The van der Waals surface area contributed by atoms with E-state index in [0.29, 0.717) is 11.6 Å². The maximum atomic E-state index is 15.7. The van der Waals surface area contributed by atoms with Gasteiger partial charge in [-0.1, -0.05) is 30.3 Å². The van der Waals surface area contributed by atoms with Crippen molar-refractivity contribution in [2.45, 2.75) is 73.9 Å². The highest BCUT2D eigenvalue weighted by Gasteiger charge is 2.85. The van der Waals surface area contributed by atoms with Crippen LogP contribution in [0.15, 0.2) is 34.1 Å². The number of sulfone groups is 2. The Balaban J connectivity index is 1.79. The predicted octanol–water partition coefficient (Wildman–Crippen LogP) is 5.43. The van der Waals surface area contributed by atoms with Gasteiger partial charge in [0.15, 0.2) is 23.9 Å². The van der Waals surface area contributed by atoms with E-state index < -0.39 is 94.3 Å². The van der Waals surface area contributed by atoms with Crippen LogP contribution in [0.3, 0.4) is 0 Å². The van der Waals surface area contributed by atoms with Crippen molar-refractivity contribution in [3.63, 3.8) is 0 Å². The molecule has 5 aliphatic carbocycles. The molecule has 234 valence electrons. The predicted molar refractivity (Wildman–Crippen MR) is 131 cm³/mol. The van der Waals surface area contributed by atoms with Crippen LogP contribution in [0.1, 0.15) is 44.9 Å². The molecule has 2 atom stereocenters. The Morgan fingerprint density at radius 3 is 1.76 bits per heavy atom. The lowest BCUT2D eigenvalue weighted by Gasteiger charge is -2.58. The van der Waals surface area contributed by atoms with Gasteiger partial charge in [0.2, 0.25) is 0 Å². The molecule has 0 aliphatic heterocycles. The first-order chi connectivity index (χ1) is 19.0. The molecule has 0 spiro atoms. The topological polar surface area (TPSA) is 68.3 Å². The minimum Gasteiger partial charge on any atom is -0.244 e. The zero-order valence-corrected chi connectivity index (χ0v) is 23.1. The van der Waals surface area contributed by atoms with Crippen LogP contribution in [-0.2, 0) is 19.7 Å². The number of rotatable bonds is 5. The van der Waals surface area contributed by atoms with Crippen LogP contribution < -0.4 is 10.4 Å². The molecule has 4 saturated carbocycles. The smallest absolute Gasteiger partial charge is 0.244 e. The van der Waals surface area contributed by atoms with Crippen LogP contribution in [0.25, 0.3) is 12.2 Å². The SMILES string of the molecule is O=S(=O)(CC(C(F)(F)F)(C(F)(F)F)C(F)(F)F)/C(=C1/C=c2ccccc2=CC1)S(=O)(=O)C12CC3CC(CC(F)(C3)C1)C2. The van der Waals surface area contributed by atoms with Gasteiger partial charge in [-0.2, -0.15) is 39.5 Å². The molecule has 16 heteroatoms. The number of hydrogen-bond donors (Lipinski definition) is 0. The maximum absolute atomic E-state index is 15.7. The fourth-order valence-corrected chi connectivity index (χ4v) is 13.7. The summed E-state index contributed by atoms with van der Waals surface area (Å²) in [6.45, 7) is 0. The van der Waals surface area contributed by atoms with Gasteiger partial charge in [-0.05, 0) is 72.4 Å². The van der Waals surface area contributed by atoms with E-state index in [4.69, 9.17) is 0 Å². The van der Waals surface area contributed by atoms with E-state index in [-0.39, 0.29) is 30.9 Å². The summed E-state index contributed by atoms with van der Waals surface area (Å²) in [6.07, 6.45) is -21.2. The van der Waals surface area contributed by atoms with Gasteiger partial charge in [-0.3, -0.25) is 0 Å². The number of alkyl halides is 10. The minimum atomic E-state index is -7.23. The van der Waals surface area contributed by atoms with Gasteiger partial charge in [-0.25, -0.2) is 21.2 Å². The van der Waals surface area contributed by atoms with E-state index in [1.165, 1.54) is 24.3 Å². The third-order valence-electron chi connectivity index (χ3n) is 9.02. The summed E-state index contributed by atoms with van der Waals surface area (Å²) >= 11 is 0. The monoisotopic (exact) mass is 654 g/mol. The largest absolute Gasteiger partial charge is 0.413 e. The molecular formula is C26H24F10O4S2. The van der Waals surface area contributed by atoms with Gasteiger partial charge in [-0.15, -0.1) is 0 Å². The quantitative estimate of drug-likeness (QED) is 0.398. The van der Waals surface area contributed by atoms with Crippen LogP contribution in [0.5, 0.6) is 0 Å². The van der Waals surface area contributed by atoms with Crippen molar-refractivity contribution in [1.29, 1.82) is 0 Å². The first-order valence-electron chi connectivity index (χ1n) is 12.8. The summed E-state index contributed by atoms with van der Waals surface area (Å²) in [5.74, 6) is -4.78. The van der Waals surface area contributed by atoms with Crippen molar-refractivity contribution in [3.8, 4) is 0 Å². The van der Waals surface area contributed by atoms with Crippen molar-refractivity contribution < 1.29 is 60.7 Å². The lowest BCUT2D eigenvalue weighted by atomic mass is 9.54. The molecule has 6 rings (SSSR count). The van der Waals surface area contributed by atoms with Crippen LogP contribution in [0.4, 0.5) is 43.9 Å². The maximum Gasteiger partial charge on any atom is 0.413 e. The van der Waals surface area contributed by atoms with Gasteiger partial charge >= 0.3 is 18.5 Å². The highest BCUT2D eigenvalue weighted by atomic mass is 32.3. The number of allylic oxidation sites excluding steroid dienone is 1. The van der Waals surface area contributed by atoms with E-state index >= 15 is 4.39 Å². The molecule has 0 heterocycles. The van der Waals surface area contributed by atoms with Crippen molar-refractivity contribution in [1.82, 2.24) is 0 Å². The standard InChI is InChI=1S/C26H24F10O4S2/c27-21-9-15-7-16(10-21)12-22(11-15,13-21)42(39,40)20(19-6-5-17-3-1-2-4-18(17)8-19)41(37,38)14-23(24(28,29)30,25(31,32)33)26(34,35)36/h1-5,8,15-16H,6-7,9-14H2/b20-19-. The minimum absolute atomic E-state index is 0.0496. The second-order valence-corrected chi connectivity index (χ2v) is 16.4. The molecule has 2 unspecified atom stereocenters. The zero-order valence-electron chi connectivity index (χ0n) is 21.5. The molecule has 1 aromatic rings. The summed E-state index contributed by atoms with van der Waals surface area (Å²) in [5.41, 5.74) is -9.65. The summed E-state index contributed by atoms with van der Waals surface area (Å²) in [5, 5.41) is 0.561. The Morgan fingerprint density at radius 1 is 0.786 bits per heavy atom. The molecule has 42 heavy (non-hydrogen) atoms. The Kier molecular flexibility index (Phi) is 6.87. The highest BCUT2D eigenvalue weighted by Crippen LogP contribution is 2.64. The van der Waals surface area contributed by atoms with Crippen molar-refractivity contribution in [2.24, 2.45) is 17.3 Å². The Morgan fingerprint density at radius 2 is 1.29 bits per heavy atom. The molecule has 0 N–H and O–H groups in total. The molecule has 0 aromatic heterocycles. The summed E-state index contributed by atoms with van der Waals surface area (Å²) in [6, 6.07) is 5.85. The van der Waals surface area contributed by atoms with Crippen LogP contribution >= 0.6 is 0 Å². The van der Waals surface area contributed by atoms with Crippen LogP contribution in [0.2, 0.25) is 0 Å². The Hall–Kier alpha value is -2.10. The molecule has 4 bridgehead atoms. The first-order valence-corrected chi connectivity index (χ1v) is 16.0. The van der Waals surface area contributed by atoms with Gasteiger partial charge in [0.1, 0.15) is 5.67 Å². The normalized spacial score (nSPS) is 31.3. The second kappa shape index (κ2) is 9.21. The molecule has 5 aliphatic rings. The highest BCUT2D eigenvalue weighted by molar-refractivity contribution is 8.15. The van der Waals surface area contributed by atoms with Gasteiger partial charge in [0.05, 0.1) is 10.5 Å². The first kappa shape index (κ1) is 31.3. The van der Waals surface area contributed by atoms with E-state index in [1.54, 1.807) is 6.07 Å². The summed E-state index contributed by atoms with van der Waals surface area (Å²) < 4.78 is 192. The Labute approximate surface area is 234 Å². The zero-order chi connectivity index (χ0) is 31.4. The van der Waals surface area contributed by atoms with E-state index in [2.05, 4.69) is 0 Å². The van der Waals surface area contributed by atoms with Crippen LogP contribution in [-0.4, -0.2) is 51.5 Å². The molecule has 4 nitrogen and oxygen atoms in total. The number of hydrogen-bond acceptors (Lipinski definition) is 4. The number of fused-ring (bicyclic) bond motifs is 1. The molecule has 0 amide bonds. The van der Waals surface area contributed by atoms with E-state index in [9.17, 15) is 56.3 Å². The molecular weight excluding hydrogens is 630 g/mol. The fourth-order valence-electron chi connectivity index (χ4n) is 7.63. The molecule has 4 fully saturated rings. The van der Waals surface area contributed by atoms with Gasteiger partial charge in [0.25, 0.3) is 5.41 Å². The summed E-state index contributed by atoms with van der Waals surface area (Å²) in [7, 11) is -12.1. The lowest BCUT2D eigenvalue weighted by molar-refractivity contribution is -0.418. The van der Waals surface area contributed by atoms with Crippen LogP contribution in [0, 0.1) is 17.3 Å². The third kappa shape index (κ3) is 4.60. The molecule has 0 radical (unpaired) electrons. The van der Waals surface area contributed by atoms with E-state index in [1.807, 2.05) is 0 Å². The Bertz CT molecular complexity index is 1620. The van der Waals surface area contributed by atoms with Gasteiger partial charge in [0, 0.05) is 6.42 Å². The van der Waals surface area contributed by atoms with Crippen molar-refractivity contribution in [3.05, 3.63) is 44.5 Å². The summed E-state index contributed by atoms with van der Waals surface area (Å²) in [4.78, 5) is 0. The molecule has 1 aromatic carbocycles. The fraction of sp³-hybridized carbons (Fsp3) is 0.615.